The fourth-order valence-electron chi connectivity index (χ4n) is 6.14. The van der Waals surface area contributed by atoms with Crippen LogP contribution in [0.15, 0.2) is 29.1 Å². The average Bonchev–Trinajstić information content (AvgIpc) is 2.67. The molecule has 7 nitrogen and oxygen atoms in total. The molecule has 3 atom stereocenters. The number of alkyl halides is 3. The molecule has 5 N–H and O–H groups in total. The van der Waals surface area contributed by atoms with Gasteiger partial charge in [-0.05, 0) is 54.3 Å². The molecule has 1 aromatic heterocycles. The van der Waals surface area contributed by atoms with Gasteiger partial charge in [-0.1, -0.05) is 6.07 Å². The number of carbonyl (C=O) groups is 1. The van der Waals surface area contributed by atoms with Crippen LogP contribution < -0.4 is 11.3 Å². The minimum absolute atomic E-state index is 0.0000120. The summed E-state index contributed by atoms with van der Waals surface area (Å²) in [6.45, 7) is -1.03. The molecule has 170 valence electrons. The second kappa shape index (κ2) is 6.58. The van der Waals surface area contributed by atoms with Gasteiger partial charge in [0.05, 0.1) is 12.1 Å². The van der Waals surface area contributed by atoms with Crippen LogP contribution >= 0.6 is 0 Å². The number of hydrogen-bond acceptors (Lipinski definition) is 5. The number of phenolic OH excluding ortho intramolecular Hbond substituents is 1. The van der Waals surface area contributed by atoms with Gasteiger partial charge in [0.15, 0.2) is 0 Å². The molecule has 2 heterocycles. The van der Waals surface area contributed by atoms with Gasteiger partial charge in [-0.2, -0.15) is 13.2 Å². The van der Waals surface area contributed by atoms with Crippen LogP contribution in [-0.4, -0.2) is 56.9 Å². The number of aromatic nitrogens is 1. The summed E-state index contributed by atoms with van der Waals surface area (Å²) >= 11 is 0. The lowest BCUT2D eigenvalue weighted by Crippen LogP contribution is -2.74. The lowest BCUT2D eigenvalue weighted by atomic mass is 9.49. The van der Waals surface area contributed by atoms with Gasteiger partial charge < -0.3 is 20.9 Å². The lowest BCUT2D eigenvalue weighted by molar-refractivity contribution is -0.196. The maximum absolute atomic E-state index is 13.3. The Hall–Kier alpha value is -2.85. The number of likely N-dealkylation sites (tertiary alicyclic amines) is 1. The van der Waals surface area contributed by atoms with E-state index in [1.807, 2.05) is 0 Å². The summed E-state index contributed by atoms with van der Waals surface area (Å²) in [7, 11) is 0. The van der Waals surface area contributed by atoms with Crippen LogP contribution in [0.5, 0.6) is 5.75 Å². The Morgan fingerprint density at radius 3 is 2.69 bits per heavy atom. The van der Waals surface area contributed by atoms with Gasteiger partial charge in [0.25, 0.3) is 11.5 Å². The van der Waals surface area contributed by atoms with Crippen LogP contribution in [0.3, 0.4) is 0 Å². The lowest BCUT2D eigenvalue weighted by Gasteiger charge is -2.63. The Kier molecular flexibility index (Phi) is 4.32. The summed E-state index contributed by atoms with van der Waals surface area (Å²) < 4.78 is 40.0. The zero-order chi connectivity index (χ0) is 23.1. The second-order valence-electron chi connectivity index (χ2n) is 9.14. The third-order valence-electron chi connectivity index (χ3n) is 7.47. The van der Waals surface area contributed by atoms with E-state index in [0.29, 0.717) is 16.8 Å². The Morgan fingerprint density at radius 1 is 1.25 bits per heavy atom. The quantitative estimate of drug-likeness (QED) is 0.548. The van der Waals surface area contributed by atoms with Gasteiger partial charge in [-0.15, -0.1) is 0 Å². The van der Waals surface area contributed by atoms with Crippen molar-refractivity contribution < 1.29 is 28.2 Å². The van der Waals surface area contributed by atoms with E-state index in [1.54, 1.807) is 12.1 Å². The molecule has 0 saturated carbocycles. The number of nitrogens with two attached hydrogens (primary N) is 1. The van der Waals surface area contributed by atoms with E-state index in [9.17, 15) is 33.0 Å². The third kappa shape index (κ3) is 2.89. The van der Waals surface area contributed by atoms with E-state index in [-0.39, 0.29) is 43.5 Å². The first-order chi connectivity index (χ1) is 14.9. The first-order valence-corrected chi connectivity index (χ1v) is 10.3. The predicted octanol–water partition coefficient (Wildman–Crippen LogP) is 1.14. The molecule has 1 aromatic carbocycles. The van der Waals surface area contributed by atoms with Crippen molar-refractivity contribution in [2.75, 3.05) is 13.1 Å². The van der Waals surface area contributed by atoms with E-state index >= 15 is 0 Å². The highest BCUT2D eigenvalue weighted by Crippen LogP contribution is 2.57. The fourth-order valence-corrected chi connectivity index (χ4v) is 6.14. The van der Waals surface area contributed by atoms with Crippen molar-refractivity contribution in [2.45, 2.75) is 48.9 Å². The van der Waals surface area contributed by atoms with E-state index in [2.05, 4.69) is 4.98 Å². The summed E-state index contributed by atoms with van der Waals surface area (Å²) in [4.78, 5) is 28.0. The largest absolute Gasteiger partial charge is 0.508 e. The molecule has 1 fully saturated rings. The van der Waals surface area contributed by atoms with E-state index < -0.39 is 41.2 Å². The van der Waals surface area contributed by atoms with Gasteiger partial charge in [-0.25, -0.2) is 0 Å². The summed E-state index contributed by atoms with van der Waals surface area (Å²) in [6.07, 6.45) is -3.91. The van der Waals surface area contributed by atoms with Crippen molar-refractivity contribution >= 4 is 5.91 Å². The smallest absolute Gasteiger partial charge is 0.401 e. The molecule has 1 saturated heterocycles. The number of primary amides is 1. The Morgan fingerprint density at radius 2 is 2.00 bits per heavy atom. The number of H-pyrrole nitrogens is 1. The van der Waals surface area contributed by atoms with Crippen LogP contribution in [0.4, 0.5) is 13.2 Å². The zero-order valence-corrected chi connectivity index (χ0v) is 17.0. The monoisotopic (exact) mass is 449 g/mol. The molecular weight excluding hydrogens is 427 g/mol. The fraction of sp³-hybridized carbons (Fsp3) is 0.455. The maximum atomic E-state index is 13.3. The van der Waals surface area contributed by atoms with Crippen LogP contribution in [0.2, 0.25) is 0 Å². The van der Waals surface area contributed by atoms with Crippen molar-refractivity contribution in [2.24, 2.45) is 5.73 Å². The van der Waals surface area contributed by atoms with Gasteiger partial charge in [-0.3, -0.25) is 14.5 Å². The molecule has 0 unspecified atom stereocenters. The highest BCUT2D eigenvalue weighted by molar-refractivity contribution is 5.92. The molecule has 2 aliphatic carbocycles. The SMILES string of the molecule is NC(=O)c1cc2c([nH]c1=O)C[C@]13CCN(CC(F)(F)F)[C@H](Cc4ccc(O)cc41)[C@]3(O)C2. The van der Waals surface area contributed by atoms with Crippen LogP contribution in [0.1, 0.15) is 39.2 Å². The number of phenols is 1. The van der Waals surface area contributed by atoms with Gasteiger partial charge >= 0.3 is 6.18 Å². The Labute approximate surface area is 180 Å². The summed E-state index contributed by atoms with van der Waals surface area (Å²) in [5.41, 5.74) is 4.26. The number of rotatable bonds is 2. The summed E-state index contributed by atoms with van der Waals surface area (Å²) in [6, 6.07) is 5.25. The number of fused-ring (bicyclic) bond motifs is 2. The standard InChI is InChI=1S/C22H22F3N3O4/c23-22(24,25)10-28-4-3-20-9-16-12(5-14(18(26)30)19(31)27-16)8-21(20,32)17(28)6-11-1-2-13(29)7-15(11)20/h1-2,5,7,17,29,32H,3-4,6,8-10H2,(H2,26,30)(H,27,31)/t17-,20-,21-/m1/s1. The molecule has 2 bridgehead atoms. The molecule has 3 aliphatic rings. The number of halogens is 3. The minimum Gasteiger partial charge on any atom is -0.508 e. The third-order valence-corrected chi connectivity index (χ3v) is 7.47. The Bertz CT molecular complexity index is 1190. The maximum Gasteiger partial charge on any atom is 0.401 e. The molecule has 1 aliphatic heterocycles. The predicted molar refractivity (Wildman–Crippen MR) is 107 cm³/mol. The van der Waals surface area contributed by atoms with E-state index in [1.165, 1.54) is 17.0 Å². The van der Waals surface area contributed by atoms with Crippen LogP contribution in [-0.2, 0) is 24.7 Å². The van der Waals surface area contributed by atoms with E-state index in [0.717, 1.165) is 5.56 Å². The van der Waals surface area contributed by atoms with E-state index in [4.69, 9.17) is 5.73 Å². The van der Waals surface area contributed by atoms with Crippen molar-refractivity contribution in [1.82, 2.24) is 9.88 Å². The summed E-state index contributed by atoms with van der Waals surface area (Å²) in [5.74, 6) is -0.917. The number of hydrogen-bond donors (Lipinski definition) is 4. The number of carbonyl (C=O) groups excluding carboxylic acids is 1. The molecule has 0 radical (unpaired) electrons. The number of aliphatic hydroxyl groups is 1. The van der Waals surface area contributed by atoms with Gasteiger partial charge in [0, 0.05) is 30.0 Å². The van der Waals surface area contributed by atoms with Gasteiger partial charge in [0.1, 0.15) is 11.3 Å². The number of aromatic hydroxyl groups is 1. The molecule has 32 heavy (non-hydrogen) atoms. The molecule has 0 spiro atoms. The van der Waals surface area contributed by atoms with Crippen LogP contribution in [0.25, 0.3) is 0 Å². The second-order valence-corrected chi connectivity index (χ2v) is 9.14. The number of aromatic amines is 1. The highest BCUT2D eigenvalue weighted by Gasteiger charge is 2.65. The molecular formula is C22H22F3N3O4. The van der Waals surface area contributed by atoms with Gasteiger partial charge in [0.2, 0.25) is 0 Å². The van der Waals surface area contributed by atoms with Crippen molar-refractivity contribution in [1.29, 1.82) is 0 Å². The number of nitrogens with one attached hydrogen (secondary N) is 1. The summed E-state index contributed by atoms with van der Waals surface area (Å²) in [5, 5.41) is 22.3. The molecule has 10 heteroatoms. The minimum atomic E-state index is -4.43. The zero-order valence-electron chi connectivity index (χ0n) is 17.0. The van der Waals surface area contributed by atoms with Crippen LogP contribution in [0, 0.1) is 0 Å². The number of pyridine rings is 1. The number of amides is 1. The normalized spacial score (nSPS) is 29.1. The number of nitrogens with zero attached hydrogens (tertiary/aromatic N) is 1. The molecule has 1 amide bonds. The highest BCUT2D eigenvalue weighted by atomic mass is 19.4. The van der Waals surface area contributed by atoms with Crippen molar-refractivity contribution in [3.63, 3.8) is 0 Å². The Balaban J connectivity index is 1.72. The number of benzene rings is 1. The first-order valence-electron chi connectivity index (χ1n) is 10.3. The van der Waals surface area contributed by atoms with Crippen molar-refractivity contribution in [3.8, 4) is 5.75 Å². The topological polar surface area (TPSA) is 120 Å². The first kappa shape index (κ1) is 21.0. The molecule has 5 rings (SSSR count). The van der Waals surface area contributed by atoms with Crippen molar-refractivity contribution in [3.05, 3.63) is 62.6 Å². The molecule has 2 aromatic rings. The average molecular weight is 449 g/mol. The number of piperidine rings is 1.